The van der Waals surface area contributed by atoms with E-state index in [9.17, 15) is 8.42 Å². The van der Waals surface area contributed by atoms with Crippen molar-refractivity contribution in [3.63, 3.8) is 0 Å². The SMILES string of the molecule is CCCNC(CCS(C)(=O)=O)c1cc(Br)c(Br)s1. The van der Waals surface area contributed by atoms with E-state index in [1.54, 1.807) is 11.3 Å². The van der Waals surface area contributed by atoms with Crippen LogP contribution in [0.3, 0.4) is 0 Å². The Morgan fingerprint density at radius 1 is 1.44 bits per heavy atom. The third-order valence-electron chi connectivity index (χ3n) is 2.43. The van der Waals surface area contributed by atoms with E-state index in [2.05, 4.69) is 44.1 Å². The molecule has 0 saturated heterocycles. The molecule has 1 rings (SSSR count). The predicted molar refractivity (Wildman–Crippen MR) is 85.1 cm³/mol. The van der Waals surface area contributed by atoms with Crippen LogP contribution in [0.1, 0.15) is 30.7 Å². The zero-order chi connectivity index (χ0) is 13.8. The van der Waals surface area contributed by atoms with Crippen LogP contribution in [-0.2, 0) is 9.84 Å². The fraction of sp³-hybridized carbons (Fsp3) is 0.636. The first-order valence-electron chi connectivity index (χ1n) is 5.69. The van der Waals surface area contributed by atoms with E-state index in [0.717, 1.165) is 26.1 Å². The topological polar surface area (TPSA) is 46.2 Å². The fourth-order valence-electron chi connectivity index (χ4n) is 1.53. The van der Waals surface area contributed by atoms with Crippen LogP contribution >= 0.6 is 43.2 Å². The highest BCUT2D eigenvalue weighted by Crippen LogP contribution is 2.36. The Balaban J connectivity index is 2.77. The van der Waals surface area contributed by atoms with Crippen LogP contribution in [0.25, 0.3) is 0 Å². The first-order chi connectivity index (χ1) is 8.33. The van der Waals surface area contributed by atoms with Crippen LogP contribution in [0, 0.1) is 0 Å². The van der Waals surface area contributed by atoms with Gasteiger partial charge in [0, 0.05) is 21.6 Å². The maximum absolute atomic E-state index is 11.3. The van der Waals surface area contributed by atoms with Gasteiger partial charge in [-0.15, -0.1) is 11.3 Å². The Hall–Kier alpha value is 0.570. The second-order valence-electron chi connectivity index (χ2n) is 4.20. The lowest BCUT2D eigenvalue weighted by molar-refractivity contribution is 0.520. The smallest absolute Gasteiger partial charge is 0.147 e. The van der Waals surface area contributed by atoms with Gasteiger partial charge in [0.15, 0.2) is 0 Å². The summed E-state index contributed by atoms with van der Waals surface area (Å²) in [6.45, 7) is 2.99. The van der Waals surface area contributed by atoms with Crippen LogP contribution in [0.2, 0.25) is 0 Å². The van der Waals surface area contributed by atoms with Gasteiger partial charge < -0.3 is 5.32 Å². The standard InChI is InChI=1S/C11H17Br2NO2S2/c1-3-5-14-9(4-6-18(2,15)16)10-7-8(12)11(13)17-10/h7,9,14H,3-6H2,1-2H3. The van der Waals surface area contributed by atoms with E-state index in [-0.39, 0.29) is 11.8 Å². The molecule has 0 aliphatic rings. The van der Waals surface area contributed by atoms with E-state index < -0.39 is 9.84 Å². The third kappa shape index (κ3) is 5.69. The normalized spacial score (nSPS) is 13.8. The number of rotatable bonds is 7. The van der Waals surface area contributed by atoms with Crippen LogP contribution < -0.4 is 5.32 Å². The van der Waals surface area contributed by atoms with Crippen molar-refractivity contribution in [1.29, 1.82) is 0 Å². The van der Waals surface area contributed by atoms with Crippen LogP contribution in [0.15, 0.2) is 14.3 Å². The monoisotopic (exact) mass is 417 g/mol. The molecule has 0 bridgehead atoms. The average molecular weight is 419 g/mol. The quantitative estimate of drug-likeness (QED) is 0.733. The van der Waals surface area contributed by atoms with Gasteiger partial charge >= 0.3 is 0 Å². The molecule has 18 heavy (non-hydrogen) atoms. The summed E-state index contributed by atoms with van der Waals surface area (Å²) >= 11 is 8.57. The predicted octanol–water partition coefficient (Wildman–Crippen LogP) is 3.75. The van der Waals surface area contributed by atoms with Crippen LogP contribution in [0.5, 0.6) is 0 Å². The Morgan fingerprint density at radius 2 is 2.11 bits per heavy atom. The molecule has 1 N–H and O–H groups in total. The number of sulfone groups is 1. The Labute approximate surface area is 130 Å². The summed E-state index contributed by atoms with van der Waals surface area (Å²) in [6.07, 6.45) is 2.92. The van der Waals surface area contributed by atoms with Gasteiger partial charge in [-0.3, -0.25) is 0 Å². The van der Waals surface area contributed by atoms with Gasteiger partial charge in [0.2, 0.25) is 0 Å². The minimum atomic E-state index is -2.91. The van der Waals surface area contributed by atoms with E-state index in [0.29, 0.717) is 6.42 Å². The first-order valence-corrected chi connectivity index (χ1v) is 10.2. The molecule has 1 atom stereocenters. The summed E-state index contributed by atoms with van der Waals surface area (Å²) in [5, 5.41) is 3.40. The van der Waals surface area contributed by atoms with E-state index in [1.165, 1.54) is 6.26 Å². The molecule has 0 aromatic carbocycles. The lowest BCUT2D eigenvalue weighted by Crippen LogP contribution is -2.23. The molecule has 0 spiro atoms. The zero-order valence-electron chi connectivity index (χ0n) is 10.4. The molecule has 1 aromatic rings. The molecular weight excluding hydrogens is 402 g/mol. The Kier molecular flexibility index (Phi) is 6.81. The maximum atomic E-state index is 11.3. The molecule has 104 valence electrons. The van der Waals surface area contributed by atoms with E-state index >= 15 is 0 Å². The number of hydrogen-bond donors (Lipinski definition) is 1. The fourth-order valence-corrected chi connectivity index (χ4v) is 4.39. The summed E-state index contributed by atoms with van der Waals surface area (Å²) in [7, 11) is -2.91. The summed E-state index contributed by atoms with van der Waals surface area (Å²) in [5.74, 6) is 0.210. The first kappa shape index (κ1) is 16.6. The van der Waals surface area contributed by atoms with Gasteiger partial charge in [-0.05, 0) is 57.3 Å². The highest BCUT2D eigenvalue weighted by molar-refractivity contribution is 9.13. The maximum Gasteiger partial charge on any atom is 0.147 e. The van der Waals surface area contributed by atoms with Gasteiger partial charge in [0.05, 0.1) is 9.54 Å². The molecule has 0 radical (unpaired) electrons. The van der Waals surface area contributed by atoms with Gasteiger partial charge in [-0.1, -0.05) is 6.92 Å². The molecule has 3 nitrogen and oxygen atoms in total. The number of thiophene rings is 1. The summed E-state index contributed by atoms with van der Waals surface area (Å²) in [5.41, 5.74) is 0. The minimum Gasteiger partial charge on any atom is -0.309 e. The van der Waals surface area contributed by atoms with Gasteiger partial charge in [-0.25, -0.2) is 8.42 Å². The molecule has 1 aromatic heterocycles. The molecule has 7 heteroatoms. The lowest BCUT2D eigenvalue weighted by Gasteiger charge is -2.16. The molecule has 1 heterocycles. The molecule has 1 unspecified atom stereocenters. The minimum absolute atomic E-state index is 0.104. The van der Waals surface area contributed by atoms with E-state index in [4.69, 9.17) is 0 Å². The van der Waals surface area contributed by atoms with Crippen molar-refractivity contribution >= 4 is 53.0 Å². The second-order valence-corrected chi connectivity index (χ2v) is 9.71. The number of nitrogens with one attached hydrogen (secondary N) is 1. The Bertz CT molecular complexity index is 466. The lowest BCUT2D eigenvalue weighted by atomic mass is 10.2. The number of hydrogen-bond acceptors (Lipinski definition) is 4. The van der Waals surface area contributed by atoms with Crippen molar-refractivity contribution in [3.8, 4) is 0 Å². The summed E-state index contributed by atoms with van der Waals surface area (Å²) < 4.78 is 24.6. The highest BCUT2D eigenvalue weighted by Gasteiger charge is 2.17. The van der Waals surface area contributed by atoms with Crippen molar-refractivity contribution in [2.45, 2.75) is 25.8 Å². The molecule has 0 aliphatic carbocycles. The third-order valence-corrected chi connectivity index (χ3v) is 6.77. The van der Waals surface area contributed by atoms with Crippen molar-refractivity contribution in [3.05, 3.63) is 19.2 Å². The summed E-state index contributed by atoms with van der Waals surface area (Å²) in [6, 6.07) is 2.15. The Morgan fingerprint density at radius 3 is 2.56 bits per heavy atom. The zero-order valence-corrected chi connectivity index (χ0v) is 15.2. The van der Waals surface area contributed by atoms with Crippen molar-refractivity contribution in [2.75, 3.05) is 18.6 Å². The highest BCUT2D eigenvalue weighted by atomic mass is 79.9. The van der Waals surface area contributed by atoms with Gasteiger partial charge in [0.1, 0.15) is 9.84 Å². The molecule has 0 saturated carbocycles. The molecule has 0 aliphatic heterocycles. The number of halogens is 2. The van der Waals surface area contributed by atoms with Crippen molar-refractivity contribution in [2.24, 2.45) is 0 Å². The van der Waals surface area contributed by atoms with Crippen molar-refractivity contribution < 1.29 is 8.42 Å². The largest absolute Gasteiger partial charge is 0.309 e. The molecular formula is C11H17Br2NO2S2. The molecule has 0 amide bonds. The van der Waals surface area contributed by atoms with Crippen LogP contribution in [-0.4, -0.2) is 27.0 Å². The van der Waals surface area contributed by atoms with Gasteiger partial charge in [0.25, 0.3) is 0 Å². The van der Waals surface area contributed by atoms with Gasteiger partial charge in [-0.2, -0.15) is 0 Å². The van der Waals surface area contributed by atoms with Crippen molar-refractivity contribution in [1.82, 2.24) is 5.32 Å². The average Bonchev–Trinajstić information content (AvgIpc) is 2.58. The van der Waals surface area contributed by atoms with Crippen LogP contribution in [0.4, 0.5) is 0 Å². The molecule has 0 fully saturated rings. The second kappa shape index (κ2) is 7.38. The van der Waals surface area contributed by atoms with E-state index in [1.807, 2.05) is 6.07 Å². The summed E-state index contributed by atoms with van der Waals surface area (Å²) in [4.78, 5) is 1.16.